The highest BCUT2D eigenvalue weighted by Crippen LogP contribution is 2.23. The van der Waals surface area contributed by atoms with Crippen LogP contribution in [-0.4, -0.2) is 36.2 Å². The topological polar surface area (TPSA) is 57.5 Å². The van der Waals surface area contributed by atoms with Gasteiger partial charge in [-0.1, -0.05) is 12.1 Å². The highest BCUT2D eigenvalue weighted by atomic mass is 19.4. The third-order valence-electron chi connectivity index (χ3n) is 4.02. The maximum Gasteiger partial charge on any atom is 0.406 e. The van der Waals surface area contributed by atoms with Crippen LogP contribution in [0.2, 0.25) is 0 Å². The zero-order valence-corrected chi connectivity index (χ0v) is 15.2. The lowest BCUT2D eigenvalue weighted by Gasteiger charge is -2.12. The number of rotatable bonds is 7. The largest absolute Gasteiger partial charge is 0.454 e. The molecule has 0 bridgehead atoms. The number of esters is 1. The number of carbonyl (C=O) groups excluding carboxylic acids is 2. The Morgan fingerprint density at radius 1 is 1.15 bits per heavy atom. The number of carbonyl (C=O) groups is 2. The van der Waals surface area contributed by atoms with Crippen LogP contribution in [0.5, 0.6) is 0 Å². The van der Waals surface area contributed by atoms with Gasteiger partial charge in [-0.3, -0.25) is 4.79 Å². The Balaban J connectivity index is 2.07. The van der Waals surface area contributed by atoms with E-state index in [1.165, 1.54) is 27.0 Å². The first-order valence-corrected chi connectivity index (χ1v) is 8.14. The molecule has 8 heteroatoms. The molecular formula is C19H20F3NO4. The second-order valence-electron chi connectivity index (χ2n) is 6.12. The summed E-state index contributed by atoms with van der Waals surface area (Å²) in [6, 6.07) is 7.95. The summed E-state index contributed by atoms with van der Waals surface area (Å²) < 4.78 is 49.0. The standard InChI is InChI=1S/C19H20F3NO4/c1-12-7-16(13(2)23(12)11-19(20,21)22)17(24)10-27-18(25)15-6-4-5-14(8-15)9-26-3/h4-8H,9-11H2,1-3H3. The second-order valence-corrected chi connectivity index (χ2v) is 6.12. The van der Waals surface area contributed by atoms with Gasteiger partial charge in [0, 0.05) is 24.1 Å². The van der Waals surface area contributed by atoms with Gasteiger partial charge in [-0.15, -0.1) is 0 Å². The Bertz CT molecular complexity index is 840. The predicted octanol–water partition coefficient (Wildman–Crippen LogP) is 3.85. The van der Waals surface area contributed by atoms with E-state index < -0.39 is 31.1 Å². The number of ketones is 1. The van der Waals surface area contributed by atoms with Gasteiger partial charge in [0.2, 0.25) is 5.78 Å². The van der Waals surface area contributed by atoms with Crippen molar-refractivity contribution in [3.63, 3.8) is 0 Å². The summed E-state index contributed by atoms with van der Waals surface area (Å²) in [4.78, 5) is 24.4. The van der Waals surface area contributed by atoms with Crippen LogP contribution in [0.25, 0.3) is 0 Å². The van der Waals surface area contributed by atoms with Gasteiger partial charge in [0.05, 0.1) is 12.2 Å². The molecule has 0 saturated carbocycles. The van der Waals surface area contributed by atoms with Gasteiger partial charge in [-0.05, 0) is 37.6 Å². The lowest BCUT2D eigenvalue weighted by molar-refractivity contribution is -0.141. The lowest BCUT2D eigenvalue weighted by Crippen LogP contribution is -2.20. The molecule has 0 aliphatic heterocycles. The first-order chi connectivity index (χ1) is 12.6. The van der Waals surface area contributed by atoms with E-state index >= 15 is 0 Å². The van der Waals surface area contributed by atoms with Crippen LogP contribution in [0, 0.1) is 13.8 Å². The van der Waals surface area contributed by atoms with E-state index in [2.05, 4.69) is 0 Å². The van der Waals surface area contributed by atoms with Gasteiger partial charge < -0.3 is 14.0 Å². The van der Waals surface area contributed by atoms with Crippen molar-refractivity contribution in [3.05, 3.63) is 58.4 Å². The Morgan fingerprint density at radius 2 is 1.85 bits per heavy atom. The molecule has 1 aromatic heterocycles. The molecule has 5 nitrogen and oxygen atoms in total. The highest BCUT2D eigenvalue weighted by molar-refractivity contribution is 6.00. The van der Waals surface area contributed by atoms with Crippen LogP contribution in [0.3, 0.4) is 0 Å². The van der Waals surface area contributed by atoms with Crippen molar-refractivity contribution in [2.45, 2.75) is 33.2 Å². The third kappa shape index (κ3) is 5.43. The van der Waals surface area contributed by atoms with E-state index in [-0.39, 0.29) is 16.8 Å². The molecule has 0 aliphatic rings. The second kappa shape index (κ2) is 8.39. The van der Waals surface area contributed by atoms with Crippen molar-refractivity contribution in [1.82, 2.24) is 4.57 Å². The Morgan fingerprint density at radius 3 is 2.48 bits per heavy atom. The molecular weight excluding hydrogens is 363 g/mol. The first kappa shape index (κ1) is 20.7. The molecule has 0 amide bonds. The zero-order valence-electron chi connectivity index (χ0n) is 15.2. The highest BCUT2D eigenvalue weighted by Gasteiger charge is 2.30. The average molecular weight is 383 g/mol. The third-order valence-corrected chi connectivity index (χ3v) is 4.02. The van der Waals surface area contributed by atoms with Gasteiger partial charge in [0.1, 0.15) is 6.54 Å². The van der Waals surface area contributed by atoms with Crippen LogP contribution in [-0.2, 0) is 22.6 Å². The van der Waals surface area contributed by atoms with Crippen LogP contribution in [0.1, 0.15) is 37.7 Å². The fourth-order valence-corrected chi connectivity index (χ4v) is 2.75. The van der Waals surface area contributed by atoms with Gasteiger partial charge in [-0.25, -0.2) is 4.79 Å². The lowest BCUT2D eigenvalue weighted by atomic mass is 10.1. The van der Waals surface area contributed by atoms with Gasteiger partial charge >= 0.3 is 12.1 Å². The molecule has 0 unspecified atom stereocenters. The van der Waals surface area contributed by atoms with E-state index in [0.717, 1.165) is 10.1 Å². The van der Waals surface area contributed by atoms with Gasteiger partial charge in [0.15, 0.2) is 6.61 Å². The number of hydrogen-bond acceptors (Lipinski definition) is 4. The van der Waals surface area contributed by atoms with E-state index in [1.54, 1.807) is 24.3 Å². The van der Waals surface area contributed by atoms with Crippen molar-refractivity contribution in [2.24, 2.45) is 0 Å². The van der Waals surface area contributed by atoms with Gasteiger partial charge in [-0.2, -0.15) is 13.2 Å². The zero-order chi connectivity index (χ0) is 20.2. The van der Waals surface area contributed by atoms with Crippen molar-refractivity contribution >= 4 is 11.8 Å². The van der Waals surface area contributed by atoms with Crippen LogP contribution < -0.4 is 0 Å². The molecule has 0 radical (unpaired) electrons. The van der Waals surface area contributed by atoms with Crippen LogP contribution >= 0.6 is 0 Å². The maximum absolute atomic E-state index is 12.7. The number of Topliss-reactive ketones (excluding diaryl/α,β-unsaturated/α-hetero) is 1. The van der Waals surface area contributed by atoms with Gasteiger partial charge in [0.25, 0.3) is 0 Å². The summed E-state index contributed by atoms with van der Waals surface area (Å²) in [5.41, 5.74) is 1.64. The summed E-state index contributed by atoms with van der Waals surface area (Å²) >= 11 is 0. The minimum atomic E-state index is -4.39. The number of nitrogens with zero attached hydrogens (tertiary/aromatic N) is 1. The fourth-order valence-electron chi connectivity index (χ4n) is 2.75. The molecule has 0 fully saturated rings. The minimum absolute atomic E-state index is 0.109. The Labute approximate surface area is 154 Å². The monoisotopic (exact) mass is 383 g/mol. The van der Waals surface area contributed by atoms with Crippen molar-refractivity contribution in [1.29, 1.82) is 0 Å². The molecule has 2 rings (SSSR count). The smallest absolute Gasteiger partial charge is 0.406 e. The summed E-state index contributed by atoms with van der Waals surface area (Å²) in [7, 11) is 1.53. The average Bonchev–Trinajstić information content (AvgIpc) is 2.87. The molecule has 0 aliphatic carbocycles. The molecule has 0 saturated heterocycles. The number of ether oxygens (including phenoxy) is 2. The normalized spacial score (nSPS) is 11.5. The van der Waals surface area contributed by atoms with Crippen molar-refractivity contribution in [3.8, 4) is 0 Å². The summed E-state index contributed by atoms with van der Waals surface area (Å²) in [6.45, 7) is 1.52. The molecule has 0 N–H and O–H groups in total. The molecule has 0 spiro atoms. The summed E-state index contributed by atoms with van der Waals surface area (Å²) in [5, 5.41) is 0. The van der Waals surface area contributed by atoms with Crippen LogP contribution in [0.15, 0.2) is 30.3 Å². The first-order valence-electron chi connectivity index (χ1n) is 8.14. The Hall–Kier alpha value is -2.61. The van der Waals surface area contributed by atoms with Crippen LogP contribution in [0.4, 0.5) is 13.2 Å². The minimum Gasteiger partial charge on any atom is -0.454 e. The number of halogens is 3. The molecule has 0 atom stereocenters. The van der Waals surface area contributed by atoms with Crippen molar-refractivity contribution in [2.75, 3.05) is 13.7 Å². The number of benzene rings is 1. The number of methoxy groups -OCH3 is 1. The fraction of sp³-hybridized carbons (Fsp3) is 0.368. The van der Waals surface area contributed by atoms with E-state index in [1.807, 2.05) is 0 Å². The quantitative estimate of drug-likeness (QED) is 0.538. The maximum atomic E-state index is 12.7. The number of alkyl halides is 3. The summed E-state index contributed by atoms with van der Waals surface area (Å²) in [6.07, 6.45) is -4.39. The number of aromatic nitrogens is 1. The van der Waals surface area contributed by atoms with E-state index in [4.69, 9.17) is 9.47 Å². The Kier molecular flexibility index (Phi) is 6.43. The molecule has 1 aromatic carbocycles. The molecule has 27 heavy (non-hydrogen) atoms. The number of hydrogen-bond donors (Lipinski definition) is 0. The van der Waals surface area contributed by atoms with E-state index in [0.29, 0.717) is 12.3 Å². The number of aryl methyl sites for hydroxylation is 1. The summed E-state index contributed by atoms with van der Waals surface area (Å²) in [5.74, 6) is -1.25. The molecule has 2 aromatic rings. The predicted molar refractivity (Wildman–Crippen MR) is 91.7 cm³/mol. The SMILES string of the molecule is COCc1cccc(C(=O)OCC(=O)c2cc(C)n(CC(F)(F)F)c2C)c1. The molecule has 1 heterocycles. The van der Waals surface area contributed by atoms with Crippen molar-refractivity contribution < 1.29 is 32.2 Å². The molecule has 146 valence electrons. The van der Waals surface area contributed by atoms with E-state index in [9.17, 15) is 22.8 Å².